The monoisotopic (exact) mass is 484 g/mol. The molecule has 6 heteroatoms. The maximum absolute atomic E-state index is 13.3. The summed E-state index contributed by atoms with van der Waals surface area (Å²) in [6.07, 6.45) is 3.95. The molecule has 1 aromatic heterocycles. The molecule has 0 aliphatic heterocycles. The van der Waals surface area contributed by atoms with E-state index in [1.807, 2.05) is 31.2 Å². The number of rotatable bonds is 6. The summed E-state index contributed by atoms with van der Waals surface area (Å²) in [5.74, 6) is -0.909. The molecule has 2 aliphatic rings. The Kier molecular flexibility index (Phi) is 5.98. The minimum Gasteiger partial charge on any atom is -0.481 e. The number of carboxylic acids is 1. The van der Waals surface area contributed by atoms with Gasteiger partial charge in [0.2, 0.25) is 0 Å². The summed E-state index contributed by atoms with van der Waals surface area (Å²) >= 11 is 1.66. The Labute approximate surface area is 209 Å². The zero-order chi connectivity index (χ0) is 24.7. The minimum absolute atomic E-state index is 0.0108. The average Bonchev–Trinajstić information content (AvgIpc) is 3.07. The molecule has 1 amide bonds. The first-order valence-corrected chi connectivity index (χ1v) is 12.8. The lowest BCUT2D eigenvalue weighted by Gasteiger charge is -2.56. The summed E-state index contributed by atoms with van der Waals surface area (Å²) < 4.78 is 0. The van der Waals surface area contributed by atoms with E-state index in [2.05, 4.69) is 41.4 Å². The highest BCUT2D eigenvalue weighted by Crippen LogP contribution is 2.58. The molecule has 5 nitrogen and oxygen atoms in total. The molecule has 0 bridgehead atoms. The molecule has 2 aromatic carbocycles. The van der Waals surface area contributed by atoms with Gasteiger partial charge in [-0.3, -0.25) is 9.59 Å². The van der Waals surface area contributed by atoms with E-state index < -0.39 is 5.97 Å². The fraction of sp³-hybridized carbons (Fsp3) is 0.345. The molecule has 0 saturated heterocycles. The van der Waals surface area contributed by atoms with Crippen molar-refractivity contribution in [3.63, 3.8) is 0 Å². The van der Waals surface area contributed by atoms with Gasteiger partial charge in [0.15, 0.2) is 5.69 Å². The number of nitrogens with zero attached hydrogens (tertiary/aromatic N) is 1. The average molecular weight is 485 g/mol. The molecule has 35 heavy (non-hydrogen) atoms. The van der Waals surface area contributed by atoms with Gasteiger partial charge in [-0.25, -0.2) is 4.85 Å². The van der Waals surface area contributed by atoms with Gasteiger partial charge in [0, 0.05) is 15.8 Å². The van der Waals surface area contributed by atoms with Gasteiger partial charge in [-0.05, 0) is 79.7 Å². The van der Waals surface area contributed by atoms with Crippen LogP contribution in [-0.2, 0) is 11.2 Å². The fourth-order valence-electron chi connectivity index (χ4n) is 5.85. The lowest BCUT2D eigenvalue weighted by Crippen LogP contribution is -2.57. The molecule has 0 unspecified atom stereocenters. The third-order valence-corrected chi connectivity index (χ3v) is 8.72. The van der Waals surface area contributed by atoms with Crippen LogP contribution in [0.3, 0.4) is 0 Å². The summed E-state index contributed by atoms with van der Waals surface area (Å²) in [5.41, 5.74) is 5.86. The van der Waals surface area contributed by atoms with Crippen molar-refractivity contribution < 1.29 is 14.7 Å². The van der Waals surface area contributed by atoms with E-state index in [4.69, 9.17) is 11.7 Å². The Hall–Kier alpha value is -3.43. The van der Waals surface area contributed by atoms with Crippen LogP contribution in [0.2, 0.25) is 0 Å². The number of thiophene rings is 1. The smallest absolute Gasteiger partial charge is 0.306 e. The van der Waals surface area contributed by atoms with Crippen molar-refractivity contribution in [3.8, 4) is 11.1 Å². The number of carbonyl (C=O) groups is 2. The van der Waals surface area contributed by atoms with E-state index >= 15 is 0 Å². The highest BCUT2D eigenvalue weighted by Gasteiger charge is 2.55. The van der Waals surface area contributed by atoms with Crippen molar-refractivity contribution >= 4 is 28.9 Å². The molecule has 2 aliphatic carbocycles. The predicted molar refractivity (Wildman–Crippen MR) is 138 cm³/mol. The minimum atomic E-state index is -0.693. The summed E-state index contributed by atoms with van der Waals surface area (Å²) in [7, 11) is 0. The first-order chi connectivity index (χ1) is 16.8. The first kappa shape index (κ1) is 23.3. The SMILES string of the molecule is [C-]#[N+]c1cccc(-c2ccc(Cc3c(C)sc(C)c3C(=O)NC3CC4(C3)CC(C(=O)O)C4)cc2)c1. The van der Waals surface area contributed by atoms with Crippen LogP contribution in [0.4, 0.5) is 5.69 Å². The van der Waals surface area contributed by atoms with Crippen LogP contribution in [0.15, 0.2) is 48.5 Å². The van der Waals surface area contributed by atoms with Gasteiger partial charge in [0.05, 0.1) is 18.1 Å². The Bertz CT molecular complexity index is 1340. The van der Waals surface area contributed by atoms with Gasteiger partial charge >= 0.3 is 5.97 Å². The topological polar surface area (TPSA) is 70.8 Å². The molecule has 2 saturated carbocycles. The van der Waals surface area contributed by atoms with Crippen molar-refractivity contribution in [1.29, 1.82) is 0 Å². The number of aliphatic carboxylic acids is 1. The number of carbonyl (C=O) groups excluding carboxylic acids is 1. The molecule has 5 rings (SSSR count). The van der Waals surface area contributed by atoms with Crippen LogP contribution in [0.5, 0.6) is 0 Å². The summed E-state index contributed by atoms with van der Waals surface area (Å²) in [6.45, 7) is 11.3. The highest BCUT2D eigenvalue weighted by molar-refractivity contribution is 7.12. The first-order valence-electron chi connectivity index (χ1n) is 12.0. The van der Waals surface area contributed by atoms with E-state index in [0.29, 0.717) is 12.1 Å². The van der Waals surface area contributed by atoms with Crippen molar-refractivity contribution in [2.45, 2.75) is 52.0 Å². The number of hydrogen-bond acceptors (Lipinski definition) is 3. The normalized spacial score (nSPS) is 22.7. The molecule has 178 valence electrons. The van der Waals surface area contributed by atoms with E-state index in [1.165, 1.54) is 0 Å². The highest BCUT2D eigenvalue weighted by atomic mass is 32.1. The summed E-state index contributed by atoms with van der Waals surface area (Å²) in [5, 5.41) is 12.4. The zero-order valence-corrected chi connectivity index (χ0v) is 20.7. The van der Waals surface area contributed by atoms with Gasteiger partial charge in [-0.15, -0.1) is 11.3 Å². The van der Waals surface area contributed by atoms with Crippen LogP contribution in [0, 0.1) is 31.8 Å². The van der Waals surface area contributed by atoms with Gasteiger partial charge in [-0.2, -0.15) is 0 Å². The number of nitrogens with one attached hydrogen (secondary N) is 1. The molecule has 2 N–H and O–H groups in total. The second kappa shape index (κ2) is 8.98. The number of aryl methyl sites for hydroxylation is 2. The second-order valence-electron chi connectivity index (χ2n) is 10.1. The quantitative estimate of drug-likeness (QED) is 0.390. The van der Waals surface area contributed by atoms with Gasteiger partial charge in [0.25, 0.3) is 5.91 Å². The van der Waals surface area contributed by atoms with Crippen molar-refractivity contribution in [3.05, 3.63) is 86.4 Å². The number of amides is 1. The maximum Gasteiger partial charge on any atom is 0.306 e. The number of carboxylic acid groups (broad SMARTS) is 1. The lowest BCUT2D eigenvalue weighted by atomic mass is 9.50. The largest absolute Gasteiger partial charge is 0.481 e. The van der Waals surface area contributed by atoms with E-state index in [0.717, 1.165) is 63.3 Å². The Morgan fingerprint density at radius 3 is 2.43 bits per heavy atom. The molecule has 1 spiro atoms. The molecule has 0 atom stereocenters. The third kappa shape index (κ3) is 4.49. The van der Waals surface area contributed by atoms with Crippen LogP contribution in [-0.4, -0.2) is 23.0 Å². The molecule has 3 aromatic rings. The maximum atomic E-state index is 13.3. The van der Waals surface area contributed by atoms with E-state index in [9.17, 15) is 9.59 Å². The third-order valence-electron chi connectivity index (χ3n) is 7.66. The van der Waals surface area contributed by atoms with E-state index in [-0.39, 0.29) is 23.3 Å². The summed E-state index contributed by atoms with van der Waals surface area (Å²) in [4.78, 5) is 30.1. The zero-order valence-electron chi connectivity index (χ0n) is 19.9. The van der Waals surface area contributed by atoms with Crippen molar-refractivity contribution in [2.75, 3.05) is 0 Å². The van der Waals surface area contributed by atoms with Crippen LogP contribution in [0.25, 0.3) is 16.0 Å². The van der Waals surface area contributed by atoms with Gasteiger partial charge in [-0.1, -0.05) is 42.5 Å². The molecular weight excluding hydrogens is 456 g/mol. The van der Waals surface area contributed by atoms with Crippen LogP contribution in [0.1, 0.15) is 56.9 Å². The van der Waals surface area contributed by atoms with E-state index in [1.54, 1.807) is 11.3 Å². The van der Waals surface area contributed by atoms with Crippen molar-refractivity contribution in [1.82, 2.24) is 5.32 Å². The van der Waals surface area contributed by atoms with Gasteiger partial charge < -0.3 is 10.4 Å². The predicted octanol–water partition coefficient (Wildman–Crippen LogP) is 6.55. The standard InChI is InChI=1S/C29H28N2O3S/c1-17-25(11-19-7-9-20(10-8-19)21-5-4-6-23(12-21)30-3)26(18(2)35-17)27(32)31-24-15-29(16-24)13-22(14-29)28(33)34/h4-10,12,22,24H,11,13-16H2,1-2H3,(H,31,32)(H,33,34). The molecule has 0 radical (unpaired) electrons. The molecule has 1 heterocycles. The van der Waals surface area contributed by atoms with Gasteiger partial charge in [0.1, 0.15) is 0 Å². The lowest BCUT2D eigenvalue weighted by molar-refractivity contribution is -0.155. The molecular formula is C29H28N2O3S. The number of hydrogen-bond donors (Lipinski definition) is 2. The van der Waals surface area contributed by atoms with Crippen LogP contribution >= 0.6 is 11.3 Å². The van der Waals surface area contributed by atoms with Crippen LogP contribution < -0.4 is 5.32 Å². The Morgan fingerprint density at radius 1 is 1.06 bits per heavy atom. The second-order valence-corrected chi connectivity index (χ2v) is 11.6. The Morgan fingerprint density at radius 2 is 1.77 bits per heavy atom. The number of benzene rings is 2. The Balaban J connectivity index is 1.26. The summed E-state index contributed by atoms with van der Waals surface area (Å²) in [6, 6.07) is 16.1. The molecule has 2 fully saturated rings. The fourth-order valence-corrected chi connectivity index (χ4v) is 6.93. The van der Waals surface area contributed by atoms with Crippen molar-refractivity contribution in [2.24, 2.45) is 11.3 Å².